The van der Waals surface area contributed by atoms with Gasteiger partial charge in [0.05, 0.1) is 0 Å². The molecule has 1 aliphatic heterocycles. The van der Waals surface area contributed by atoms with Crippen LogP contribution in [0.2, 0.25) is 0 Å². The Labute approximate surface area is 276 Å². The number of guanidine groups is 1. The van der Waals surface area contributed by atoms with Gasteiger partial charge in [-0.2, -0.15) is 4.31 Å². The number of phenols is 1. The summed E-state index contributed by atoms with van der Waals surface area (Å²) in [7, 11) is -2.31. The number of hydrogen-bond acceptors (Lipinski definition) is 8. The van der Waals surface area contributed by atoms with Gasteiger partial charge in [0.2, 0.25) is 0 Å². The number of hydrogen-bond donors (Lipinski definition) is 6. The number of carboxylic acids is 2. The van der Waals surface area contributed by atoms with Crippen molar-refractivity contribution >= 4 is 39.7 Å². The fourth-order valence-electron chi connectivity index (χ4n) is 4.94. The lowest BCUT2D eigenvalue weighted by molar-refractivity contribution is -0.138. The van der Waals surface area contributed by atoms with Gasteiger partial charge in [0.15, 0.2) is 11.0 Å². The highest BCUT2D eigenvalue weighted by Crippen LogP contribution is 2.43. The fourth-order valence-corrected chi connectivity index (χ4v) is 7.79. The van der Waals surface area contributed by atoms with E-state index in [1.165, 1.54) is 28.1 Å². The third-order valence-electron chi connectivity index (χ3n) is 7.59. The summed E-state index contributed by atoms with van der Waals surface area (Å²) >= 11 is 1.74. The van der Waals surface area contributed by atoms with Crippen LogP contribution in [0.25, 0.3) is 0 Å². The average Bonchev–Trinajstić information content (AvgIpc) is 3.33. The van der Waals surface area contributed by atoms with E-state index in [4.69, 9.17) is 22.3 Å². The van der Waals surface area contributed by atoms with Gasteiger partial charge >= 0.3 is 11.9 Å². The predicted molar refractivity (Wildman–Crippen MR) is 181 cm³/mol. The number of piperidine rings is 1. The van der Waals surface area contributed by atoms with Gasteiger partial charge in [0, 0.05) is 48.0 Å². The zero-order valence-corrected chi connectivity index (χ0v) is 29.4. The highest BCUT2D eigenvalue weighted by Gasteiger charge is 2.33. The highest BCUT2D eigenvalue weighted by molar-refractivity contribution is 8.00. The van der Waals surface area contributed by atoms with Crippen LogP contribution in [0, 0.1) is 0 Å². The molecule has 0 amide bonds. The highest BCUT2D eigenvalue weighted by atomic mass is 32.2. The molecule has 9 N–H and O–H groups in total. The van der Waals surface area contributed by atoms with Crippen LogP contribution in [0.1, 0.15) is 88.8 Å². The van der Waals surface area contributed by atoms with Crippen LogP contribution in [0.5, 0.6) is 5.75 Å². The number of sulfonamides is 1. The van der Waals surface area contributed by atoms with Crippen molar-refractivity contribution < 1.29 is 33.3 Å². The van der Waals surface area contributed by atoms with Crippen molar-refractivity contribution in [1.82, 2.24) is 8.87 Å². The van der Waals surface area contributed by atoms with Crippen LogP contribution in [0.15, 0.2) is 39.2 Å². The second-order valence-electron chi connectivity index (χ2n) is 13.4. The minimum absolute atomic E-state index is 0.000763. The van der Waals surface area contributed by atoms with Crippen molar-refractivity contribution in [3.8, 4) is 5.75 Å². The van der Waals surface area contributed by atoms with Crippen LogP contribution >= 0.6 is 11.8 Å². The van der Waals surface area contributed by atoms with Crippen LogP contribution < -0.4 is 17.2 Å². The van der Waals surface area contributed by atoms with E-state index in [1.54, 1.807) is 11.8 Å². The van der Waals surface area contributed by atoms with E-state index < -0.39 is 28.0 Å². The quantitative estimate of drug-likeness (QED) is 0.121. The lowest BCUT2D eigenvalue weighted by Crippen LogP contribution is -2.40. The monoisotopic (exact) mass is 682 g/mol. The number of nitrogens with two attached hydrogens (primary N) is 3. The molecule has 1 fully saturated rings. The van der Waals surface area contributed by atoms with Crippen molar-refractivity contribution in [1.29, 1.82) is 0 Å². The van der Waals surface area contributed by atoms with Crippen molar-refractivity contribution in [3.05, 3.63) is 41.1 Å². The van der Waals surface area contributed by atoms with E-state index >= 15 is 0 Å². The molecule has 13 nitrogen and oxygen atoms in total. The number of nitrogens with zero attached hydrogens (tertiary/aromatic N) is 3. The minimum atomic E-state index is -3.77. The molecule has 0 spiro atoms. The first kappa shape index (κ1) is 38.9. The summed E-state index contributed by atoms with van der Waals surface area (Å²) in [6.07, 6.45) is 2.34. The van der Waals surface area contributed by atoms with Gasteiger partial charge in [0.25, 0.3) is 10.0 Å². The van der Waals surface area contributed by atoms with Gasteiger partial charge in [-0.05, 0) is 60.8 Å². The molecule has 0 radical (unpaired) electrons. The summed E-state index contributed by atoms with van der Waals surface area (Å²) < 4.78 is 28.9. The number of rotatable bonds is 10. The molecule has 1 atom stereocenters. The van der Waals surface area contributed by atoms with Gasteiger partial charge in [-0.15, -0.1) is 11.8 Å². The summed E-state index contributed by atoms with van der Waals surface area (Å²) in [6.45, 7) is 13.7. The molecule has 0 bridgehead atoms. The van der Waals surface area contributed by atoms with Crippen molar-refractivity contribution in [2.75, 3.05) is 19.6 Å². The van der Waals surface area contributed by atoms with E-state index in [9.17, 15) is 28.2 Å². The number of aromatic carboxylic acids is 1. The number of thioether (sulfide) groups is 1. The Kier molecular flexibility index (Phi) is 13.2. The number of aliphatic imine (C=N–C) groups is 1. The molecule has 0 aliphatic carbocycles. The van der Waals surface area contributed by atoms with Gasteiger partial charge in [-0.1, -0.05) is 41.5 Å². The number of aliphatic carboxylic acids is 1. The zero-order valence-electron chi connectivity index (χ0n) is 27.8. The predicted octanol–water partition coefficient (Wildman–Crippen LogP) is 3.42. The maximum Gasteiger partial charge on any atom is 0.352 e. The molecule has 1 saturated heterocycles. The molecule has 2 heterocycles. The second kappa shape index (κ2) is 15.5. The van der Waals surface area contributed by atoms with Crippen molar-refractivity contribution in [2.24, 2.45) is 29.2 Å². The first-order valence-electron chi connectivity index (χ1n) is 15.0. The Morgan fingerprint density at radius 2 is 1.54 bits per heavy atom. The average molecular weight is 683 g/mol. The summed E-state index contributed by atoms with van der Waals surface area (Å²) in [5.74, 6) is -1.79. The molecule has 3 rings (SSSR count). The molecule has 2 aromatic rings. The van der Waals surface area contributed by atoms with Gasteiger partial charge in [0.1, 0.15) is 17.5 Å². The fraction of sp³-hybridized carbons (Fsp3) is 0.581. The Hall–Kier alpha value is -3.27. The second-order valence-corrected chi connectivity index (χ2v) is 16.7. The van der Waals surface area contributed by atoms with E-state index in [0.29, 0.717) is 51.1 Å². The molecule has 15 heteroatoms. The molecule has 0 saturated carbocycles. The van der Waals surface area contributed by atoms with Crippen molar-refractivity contribution in [2.45, 2.75) is 99.3 Å². The molecule has 1 aromatic heterocycles. The minimum Gasteiger partial charge on any atom is -0.507 e. The van der Waals surface area contributed by atoms with Crippen LogP contribution in [-0.2, 0) is 32.7 Å². The molecular weight excluding hydrogens is 633 g/mol. The smallest absolute Gasteiger partial charge is 0.352 e. The third-order valence-corrected chi connectivity index (χ3v) is 10.9. The first-order chi connectivity index (χ1) is 21.1. The van der Waals surface area contributed by atoms with E-state index in [1.807, 2.05) is 0 Å². The molecule has 46 heavy (non-hydrogen) atoms. The van der Waals surface area contributed by atoms with Crippen molar-refractivity contribution in [3.63, 3.8) is 0 Å². The van der Waals surface area contributed by atoms with Crippen LogP contribution in [-0.4, -0.2) is 81.4 Å². The van der Waals surface area contributed by atoms with Crippen LogP contribution in [0.4, 0.5) is 0 Å². The number of aromatic hydroxyl groups is 1. The largest absolute Gasteiger partial charge is 0.507 e. The number of carboxylic acid groups (broad SMARTS) is 2. The maximum absolute atomic E-state index is 13.1. The Morgan fingerprint density at radius 3 is 1.96 bits per heavy atom. The number of aromatic nitrogens is 1. The first-order valence-corrected chi connectivity index (χ1v) is 17.4. The lowest BCUT2D eigenvalue weighted by Gasteiger charge is -2.32. The molecule has 258 valence electrons. The summed E-state index contributed by atoms with van der Waals surface area (Å²) in [5, 5.41) is 28.8. The molecule has 0 unspecified atom stereocenters. The van der Waals surface area contributed by atoms with Gasteiger partial charge in [-0.3, -0.25) is 9.79 Å². The Balaban J connectivity index is 0.000000521. The van der Waals surface area contributed by atoms with Gasteiger partial charge in [-0.25, -0.2) is 13.2 Å². The maximum atomic E-state index is 13.1. The standard InChI is InChI=1S/C25H36N2O5S2.C6H14N4O2/c1-24(2,3)18-14-17(15-19(22(18)28)25(4,5)6)33-16-10-12-27(13-11-16)34(31,32)21-9-8-20(23(29)30)26(21)7;7-4(5(11)12)2-1-3-10-6(8)9/h8-9,14-16,28H,10-13H2,1-7H3,(H,29,30);4H,1-3,7H2,(H,11,12)(H4,8,9,10)/t;4-/m.0/s1. The number of carbonyl (C=O) groups is 2. The van der Waals surface area contributed by atoms with Crippen LogP contribution in [0.3, 0.4) is 0 Å². The lowest BCUT2D eigenvalue weighted by atomic mass is 9.79. The SMILES string of the molecule is Cn1c(C(=O)O)ccc1S(=O)(=O)N1CCC(Sc2cc(C(C)(C)C)c(O)c(C(C)(C)C)c2)CC1.NC(N)=NCCC[C@H](N)C(=O)O. The summed E-state index contributed by atoms with van der Waals surface area (Å²) in [5.41, 5.74) is 16.7. The summed E-state index contributed by atoms with van der Waals surface area (Å²) in [4.78, 5) is 26.3. The number of phenolic OH excluding ortho intramolecular Hbond substituents is 1. The van der Waals surface area contributed by atoms with E-state index in [0.717, 1.165) is 16.0 Å². The van der Waals surface area contributed by atoms with E-state index in [2.05, 4.69) is 58.7 Å². The normalized spacial score (nSPS) is 15.5. The van der Waals surface area contributed by atoms with E-state index in [-0.39, 0.29) is 32.8 Å². The summed E-state index contributed by atoms with van der Waals surface area (Å²) in [6, 6.07) is 5.99. The molecular formula is C31H50N6O7S2. The molecule has 1 aromatic carbocycles. The zero-order chi connectivity index (χ0) is 35.2. The van der Waals surface area contributed by atoms with Gasteiger partial charge < -0.3 is 37.1 Å². The molecule has 1 aliphatic rings. The Morgan fingerprint density at radius 1 is 1.02 bits per heavy atom. The topological polar surface area (TPSA) is 228 Å². The third kappa shape index (κ3) is 10.4. The Bertz CT molecular complexity index is 1480. The number of benzene rings is 1.